The number of fused-ring (bicyclic) bond motifs is 1. The van der Waals surface area contributed by atoms with Crippen LogP contribution in [0.2, 0.25) is 5.28 Å². The molecule has 0 atom stereocenters. The van der Waals surface area contributed by atoms with Crippen molar-refractivity contribution in [1.82, 2.24) is 9.71 Å². The number of hydrogen-bond acceptors (Lipinski definition) is 3. The van der Waals surface area contributed by atoms with Gasteiger partial charge in [0.25, 0.3) is 0 Å². The molecule has 0 spiro atoms. The van der Waals surface area contributed by atoms with Gasteiger partial charge in [-0.1, -0.05) is 19.1 Å². The van der Waals surface area contributed by atoms with Gasteiger partial charge in [-0.3, -0.25) is 0 Å². The summed E-state index contributed by atoms with van der Waals surface area (Å²) in [4.78, 5) is 20.6. The summed E-state index contributed by atoms with van der Waals surface area (Å²) >= 11 is 5.89. The van der Waals surface area contributed by atoms with Gasteiger partial charge in [-0.15, -0.1) is 4.73 Å². The molecule has 0 unspecified atom stereocenters. The highest BCUT2D eigenvalue weighted by Crippen LogP contribution is 2.17. The highest BCUT2D eigenvalue weighted by atomic mass is 35.5. The zero-order valence-electron chi connectivity index (χ0n) is 8.81. The topological polar surface area (TPSA) is 44.1 Å². The standard InChI is InChI=1S/C11H11ClN2O2/c1-2-5-10(15)16-14-9-7-4-3-6-8(9)13-11(14)12/h3-4,6-7H,2,5H2,1H3. The second-order valence-corrected chi connectivity index (χ2v) is 3.72. The van der Waals surface area contributed by atoms with E-state index >= 15 is 0 Å². The molecule has 0 saturated heterocycles. The Balaban J connectivity index is 2.36. The Morgan fingerprint density at radius 3 is 3.00 bits per heavy atom. The second kappa shape index (κ2) is 4.53. The van der Waals surface area contributed by atoms with Crippen LogP contribution in [-0.2, 0) is 4.79 Å². The highest BCUT2D eigenvalue weighted by Gasteiger charge is 2.12. The van der Waals surface area contributed by atoms with E-state index in [1.54, 1.807) is 6.07 Å². The van der Waals surface area contributed by atoms with Crippen molar-refractivity contribution in [2.75, 3.05) is 0 Å². The smallest absolute Gasteiger partial charge is 0.333 e. The van der Waals surface area contributed by atoms with Crippen LogP contribution in [0.25, 0.3) is 11.0 Å². The summed E-state index contributed by atoms with van der Waals surface area (Å²) in [5.74, 6) is -0.312. The summed E-state index contributed by atoms with van der Waals surface area (Å²) in [5.41, 5.74) is 1.40. The number of imidazole rings is 1. The summed E-state index contributed by atoms with van der Waals surface area (Å²) < 4.78 is 1.26. The fourth-order valence-electron chi connectivity index (χ4n) is 1.41. The van der Waals surface area contributed by atoms with Crippen molar-refractivity contribution >= 4 is 28.6 Å². The van der Waals surface area contributed by atoms with Crippen LogP contribution in [0.1, 0.15) is 19.8 Å². The van der Waals surface area contributed by atoms with Crippen molar-refractivity contribution in [2.24, 2.45) is 0 Å². The third-order valence-corrected chi connectivity index (χ3v) is 2.37. The molecule has 0 amide bonds. The van der Waals surface area contributed by atoms with E-state index in [4.69, 9.17) is 16.4 Å². The van der Waals surface area contributed by atoms with Gasteiger partial charge in [-0.2, -0.15) is 0 Å². The van der Waals surface area contributed by atoms with E-state index in [2.05, 4.69) is 4.98 Å². The Kier molecular flexibility index (Phi) is 3.10. The SMILES string of the molecule is CCCC(=O)On1c(Cl)nc2ccccc21. The first-order chi connectivity index (χ1) is 7.72. The lowest BCUT2D eigenvalue weighted by molar-refractivity contribution is -0.143. The second-order valence-electron chi connectivity index (χ2n) is 3.38. The fourth-order valence-corrected chi connectivity index (χ4v) is 1.63. The maximum Gasteiger partial charge on any atom is 0.333 e. The molecule has 1 aromatic heterocycles. The fraction of sp³-hybridized carbons (Fsp3) is 0.273. The molecule has 1 heterocycles. The van der Waals surface area contributed by atoms with Crippen LogP contribution < -0.4 is 4.84 Å². The zero-order chi connectivity index (χ0) is 11.5. The predicted molar refractivity (Wildman–Crippen MR) is 61.2 cm³/mol. The van der Waals surface area contributed by atoms with Gasteiger partial charge in [0.05, 0.1) is 5.52 Å². The number of para-hydroxylation sites is 2. The van der Waals surface area contributed by atoms with E-state index in [9.17, 15) is 4.79 Å². The minimum Gasteiger partial charge on any atom is -0.334 e. The molecule has 84 valence electrons. The maximum absolute atomic E-state index is 11.4. The molecule has 0 radical (unpaired) electrons. The Labute approximate surface area is 97.7 Å². The molecular weight excluding hydrogens is 228 g/mol. The largest absolute Gasteiger partial charge is 0.334 e. The van der Waals surface area contributed by atoms with Crippen molar-refractivity contribution in [2.45, 2.75) is 19.8 Å². The monoisotopic (exact) mass is 238 g/mol. The normalized spacial score (nSPS) is 10.6. The number of carbonyl (C=O) groups is 1. The lowest BCUT2D eigenvalue weighted by Gasteiger charge is -2.04. The van der Waals surface area contributed by atoms with Crippen LogP contribution in [0.15, 0.2) is 24.3 Å². The number of halogens is 1. The summed E-state index contributed by atoms with van der Waals surface area (Å²) in [6.07, 6.45) is 1.10. The Morgan fingerprint density at radius 2 is 2.25 bits per heavy atom. The molecular formula is C11H11ClN2O2. The molecule has 0 N–H and O–H groups in total. The maximum atomic E-state index is 11.4. The van der Waals surface area contributed by atoms with Crippen molar-refractivity contribution < 1.29 is 9.63 Å². The number of rotatable bonds is 3. The summed E-state index contributed by atoms with van der Waals surface area (Å²) in [7, 11) is 0. The highest BCUT2D eigenvalue weighted by molar-refractivity contribution is 6.29. The third-order valence-electron chi connectivity index (χ3n) is 2.13. The van der Waals surface area contributed by atoms with Gasteiger partial charge in [0.15, 0.2) is 0 Å². The van der Waals surface area contributed by atoms with Crippen LogP contribution in [0.4, 0.5) is 0 Å². The molecule has 4 nitrogen and oxygen atoms in total. The Morgan fingerprint density at radius 1 is 1.50 bits per heavy atom. The summed E-state index contributed by atoms with van der Waals surface area (Å²) in [6, 6.07) is 7.30. The lowest BCUT2D eigenvalue weighted by Crippen LogP contribution is -2.19. The van der Waals surface area contributed by atoms with E-state index in [1.807, 2.05) is 25.1 Å². The molecule has 0 aliphatic heterocycles. The lowest BCUT2D eigenvalue weighted by atomic mass is 10.3. The van der Waals surface area contributed by atoms with Gasteiger partial charge in [0.2, 0.25) is 5.28 Å². The van der Waals surface area contributed by atoms with Gasteiger partial charge in [0, 0.05) is 6.42 Å². The van der Waals surface area contributed by atoms with Crippen LogP contribution in [0.5, 0.6) is 0 Å². The number of aromatic nitrogens is 2. The average molecular weight is 239 g/mol. The molecule has 0 fully saturated rings. The van der Waals surface area contributed by atoms with Crippen molar-refractivity contribution in [1.29, 1.82) is 0 Å². The minimum atomic E-state index is -0.312. The zero-order valence-corrected chi connectivity index (χ0v) is 9.57. The molecule has 0 saturated carbocycles. The van der Waals surface area contributed by atoms with Gasteiger partial charge >= 0.3 is 5.97 Å². The molecule has 1 aromatic carbocycles. The molecule has 0 aliphatic carbocycles. The molecule has 0 aliphatic rings. The first-order valence-electron chi connectivity index (χ1n) is 5.06. The first kappa shape index (κ1) is 11.0. The summed E-state index contributed by atoms with van der Waals surface area (Å²) in [6.45, 7) is 1.91. The number of benzene rings is 1. The Hall–Kier alpha value is -1.55. The number of nitrogens with zero attached hydrogens (tertiary/aromatic N) is 2. The van der Waals surface area contributed by atoms with Crippen LogP contribution in [0.3, 0.4) is 0 Å². The van der Waals surface area contributed by atoms with Crippen LogP contribution >= 0.6 is 11.6 Å². The first-order valence-corrected chi connectivity index (χ1v) is 5.44. The van der Waals surface area contributed by atoms with E-state index in [0.29, 0.717) is 17.5 Å². The molecule has 0 bridgehead atoms. The molecule has 5 heteroatoms. The van der Waals surface area contributed by atoms with Crippen LogP contribution in [0, 0.1) is 0 Å². The molecule has 2 aromatic rings. The van der Waals surface area contributed by atoms with Gasteiger partial charge in [-0.25, -0.2) is 9.78 Å². The minimum absolute atomic E-state index is 0.158. The van der Waals surface area contributed by atoms with E-state index in [0.717, 1.165) is 6.42 Å². The van der Waals surface area contributed by atoms with Gasteiger partial charge < -0.3 is 4.84 Å². The van der Waals surface area contributed by atoms with Gasteiger partial charge in [-0.05, 0) is 30.2 Å². The molecule has 16 heavy (non-hydrogen) atoms. The quantitative estimate of drug-likeness (QED) is 0.825. The van der Waals surface area contributed by atoms with E-state index < -0.39 is 0 Å². The van der Waals surface area contributed by atoms with E-state index in [1.165, 1.54) is 4.73 Å². The number of carbonyl (C=O) groups excluding carboxylic acids is 1. The average Bonchev–Trinajstić information content (AvgIpc) is 2.56. The van der Waals surface area contributed by atoms with Crippen molar-refractivity contribution in [3.8, 4) is 0 Å². The predicted octanol–water partition coefficient (Wildman–Crippen LogP) is 2.45. The third kappa shape index (κ3) is 2.02. The van der Waals surface area contributed by atoms with Crippen molar-refractivity contribution in [3.05, 3.63) is 29.5 Å². The van der Waals surface area contributed by atoms with Crippen LogP contribution in [-0.4, -0.2) is 15.7 Å². The van der Waals surface area contributed by atoms with E-state index in [-0.39, 0.29) is 11.3 Å². The summed E-state index contributed by atoms with van der Waals surface area (Å²) in [5, 5.41) is 0.158. The van der Waals surface area contributed by atoms with Gasteiger partial charge in [0.1, 0.15) is 5.52 Å². The Bertz CT molecular complexity index is 522. The number of hydrogen-bond donors (Lipinski definition) is 0. The molecule has 2 rings (SSSR count). The van der Waals surface area contributed by atoms with Crippen molar-refractivity contribution in [3.63, 3.8) is 0 Å².